The lowest BCUT2D eigenvalue weighted by atomic mass is 9.97. The van der Waals surface area contributed by atoms with Gasteiger partial charge in [-0.2, -0.15) is 0 Å². The van der Waals surface area contributed by atoms with Gasteiger partial charge in [-0.3, -0.25) is 9.36 Å². The van der Waals surface area contributed by atoms with Crippen LogP contribution in [0, 0.1) is 41.5 Å². The van der Waals surface area contributed by atoms with Crippen LogP contribution >= 0.6 is 11.8 Å². The normalized spacial score (nSPS) is 11.0. The van der Waals surface area contributed by atoms with Crippen LogP contribution in [0.4, 0.5) is 0 Å². The molecule has 1 aromatic heterocycles. The summed E-state index contributed by atoms with van der Waals surface area (Å²) in [7, 11) is 0. The van der Waals surface area contributed by atoms with Gasteiger partial charge < -0.3 is 0 Å². The zero-order valence-electron chi connectivity index (χ0n) is 16.8. The van der Waals surface area contributed by atoms with E-state index in [0.717, 1.165) is 33.4 Å². The molecule has 27 heavy (non-hydrogen) atoms. The van der Waals surface area contributed by atoms with Gasteiger partial charge in [0.1, 0.15) is 5.82 Å². The average Bonchev–Trinajstić information content (AvgIpc) is 2.95. The summed E-state index contributed by atoms with van der Waals surface area (Å²) in [6.45, 7) is 12.2. The Morgan fingerprint density at radius 1 is 0.963 bits per heavy atom. The summed E-state index contributed by atoms with van der Waals surface area (Å²) in [5.41, 5.74) is 7.55. The van der Waals surface area contributed by atoms with Gasteiger partial charge in [0.2, 0.25) is 0 Å². The lowest BCUT2D eigenvalue weighted by molar-refractivity contribution is 0.102. The highest BCUT2D eigenvalue weighted by molar-refractivity contribution is 7.99. The number of benzene rings is 2. The molecule has 0 aliphatic rings. The number of aromatic nitrogens is 3. The SMILES string of the molecule is Cc1cc(C)c(C(=O)CSc2nnc(C)n2-c2cccc(C)c2C)c(C)c1. The first kappa shape index (κ1) is 19.4. The third kappa shape index (κ3) is 3.83. The first-order chi connectivity index (χ1) is 12.8. The van der Waals surface area contributed by atoms with Crippen molar-refractivity contribution in [1.82, 2.24) is 14.8 Å². The molecule has 5 heteroatoms. The summed E-state index contributed by atoms with van der Waals surface area (Å²) in [4.78, 5) is 12.9. The third-order valence-electron chi connectivity index (χ3n) is 4.90. The first-order valence-electron chi connectivity index (χ1n) is 9.02. The molecule has 0 aliphatic heterocycles. The van der Waals surface area contributed by atoms with E-state index in [0.29, 0.717) is 5.75 Å². The molecule has 1 heterocycles. The van der Waals surface area contributed by atoms with E-state index in [9.17, 15) is 4.79 Å². The van der Waals surface area contributed by atoms with Crippen LogP contribution in [0.3, 0.4) is 0 Å². The van der Waals surface area contributed by atoms with Crippen LogP contribution < -0.4 is 0 Å². The van der Waals surface area contributed by atoms with E-state index in [1.54, 1.807) is 0 Å². The summed E-state index contributed by atoms with van der Waals surface area (Å²) in [6, 6.07) is 10.3. The summed E-state index contributed by atoms with van der Waals surface area (Å²) in [6.07, 6.45) is 0. The third-order valence-corrected chi connectivity index (χ3v) is 5.83. The second-order valence-electron chi connectivity index (χ2n) is 7.07. The molecule has 4 nitrogen and oxygen atoms in total. The number of nitrogens with zero attached hydrogens (tertiary/aromatic N) is 3. The number of aryl methyl sites for hydroxylation is 5. The molecule has 2 aromatic carbocycles. The van der Waals surface area contributed by atoms with Crippen molar-refractivity contribution >= 4 is 17.5 Å². The van der Waals surface area contributed by atoms with Crippen molar-refractivity contribution in [2.24, 2.45) is 0 Å². The summed E-state index contributed by atoms with van der Waals surface area (Å²) in [5, 5.41) is 9.30. The molecule has 0 saturated heterocycles. The number of hydrogen-bond acceptors (Lipinski definition) is 4. The highest BCUT2D eigenvalue weighted by Crippen LogP contribution is 2.27. The number of carbonyl (C=O) groups excluding carboxylic acids is 1. The second-order valence-corrected chi connectivity index (χ2v) is 8.01. The van der Waals surface area contributed by atoms with Crippen molar-refractivity contribution in [2.75, 3.05) is 5.75 Å². The molecule has 0 N–H and O–H groups in total. The van der Waals surface area contributed by atoms with Crippen LogP contribution in [0.15, 0.2) is 35.5 Å². The van der Waals surface area contributed by atoms with Crippen molar-refractivity contribution in [2.45, 2.75) is 46.7 Å². The molecule has 0 unspecified atom stereocenters. The molecule has 0 atom stereocenters. The Bertz CT molecular complexity index is 997. The standard InChI is InChI=1S/C22H25N3OS/c1-13-10-15(3)21(16(4)11-13)20(26)12-27-22-24-23-18(6)25(22)19-9-7-8-14(2)17(19)5/h7-11H,12H2,1-6H3. The maximum Gasteiger partial charge on any atom is 0.196 e. The van der Waals surface area contributed by atoms with Crippen molar-refractivity contribution in [3.63, 3.8) is 0 Å². The van der Waals surface area contributed by atoms with Crippen molar-refractivity contribution in [3.05, 3.63) is 69.5 Å². The number of ketones is 1. The minimum absolute atomic E-state index is 0.128. The Kier molecular flexibility index (Phi) is 5.51. The minimum Gasteiger partial charge on any atom is -0.293 e. The van der Waals surface area contributed by atoms with Crippen molar-refractivity contribution < 1.29 is 4.79 Å². The van der Waals surface area contributed by atoms with Gasteiger partial charge >= 0.3 is 0 Å². The molecule has 0 amide bonds. The predicted octanol–water partition coefficient (Wildman–Crippen LogP) is 5.09. The Morgan fingerprint density at radius 3 is 2.30 bits per heavy atom. The van der Waals surface area contributed by atoms with Crippen molar-refractivity contribution in [1.29, 1.82) is 0 Å². The molecule has 3 aromatic rings. The highest BCUT2D eigenvalue weighted by atomic mass is 32.2. The largest absolute Gasteiger partial charge is 0.293 e. The highest BCUT2D eigenvalue weighted by Gasteiger charge is 2.18. The number of Topliss-reactive ketones (excluding diaryl/α,β-unsaturated/α-hetero) is 1. The molecule has 0 saturated carbocycles. The number of hydrogen-bond donors (Lipinski definition) is 0. The van der Waals surface area contributed by atoms with E-state index >= 15 is 0 Å². The Balaban J connectivity index is 1.88. The zero-order chi connectivity index (χ0) is 19.7. The monoisotopic (exact) mass is 379 g/mol. The molecule has 3 rings (SSSR count). The minimum atomic E-state index is 0.128. The van der Waals surface area contributed by atoms with Gasteiger partial charge in [-0.1, -0.05) is 41.6 Å². The fourth-order valence-corrected chi connectivity index (χ4v) is 4.38. The summed E-state index contributed by atoms with van der Waals surface area (Å²) >= 11 is 1.44. The smallest absolute Gasteiger partial charge is 0.196 e. The fourth-order valence-electron chi connectivity index (χ4n) is 3.51. The Hall–Kier alpha value is -2.40. The average molecular weight is 380 g/mol. The molecule has 0 spiro atoms. The fraction of sp³-hybridized carbons (Fsp3) is 0.318. The quantitative estimate of drug-likeness (QED) is 0.457. The maximum absolute atomic E-state index is 12.9. The molecule has 0 fully saturated rings. The lowest BCUT2D eigenvalue weighted by Gasteiger charge is -2.13. The topological polar surface area (TPSA) is 47.8 Å². The van der Waals surface area contributed by atoms with Gasteiger partial charge in [0.15, 0.2) is 10.9 Å². The van der Waals surface area contributed by atoms with E-state index in [-0.39, 0.29) is 5.78 Å². The maximum atomic E-state index is 12.9. The Labute approximate surface area is 165 Å². The van der Waals surface area contributed by atoms with E-state index in [1.165, 1.54) is 28.5 Å². The van der Waals surface area contributed by atoms with Crippen LogP contribution in [0.25, 0.3) is 5.69 Å². The summed E-state index contributed by atoms with van der Waals surface area (Å²) < 4.78 is 2.04. The van der Waals surface area contributed by atoms with Crippen LogP contribution in [-0.4, -0.2) is 26.3 Å². The predicted molar refractivity (Wildman–Crippen MR) is 111 cm³/mol. The molecular weight excluding hydrogens is 354 g/mol. The van der Waals surface area contributed by atoms with E-state index in [4.69, 9.17) is 0 Å². The van der Waals surface area contributed by atoms with Gasteiger partial charge in [-0.05, 0) is 69.9 Å². The van der Waals surface area contributed by atoms with E-state index < -0.39 is 0 Å². The van der Waals surface area contributed by atoms with Crippen LogP contribution in [0.2, 0.25) is 0 Å². The molecule has 0 bridgehead atoms. The zero-order valence-corrected chi connectivity index (χ0v) is 17.6. The first-order valence-corrected chi connectivity index (χ1v) is 10.0. The van der Waals surface area contributed by atoms with Gasteiger partial charge in [-0.25, -0.2) is 0 Å². The van der Waals surface area contributed by atoms with E-state index in [1.807, 2.05) is 31.4 Å². The summed E-state index contributed by atoms with van der Waals surface area (Å²) in [5.74, 6) is 1.29. The number of carbonyl (C=O) groups is 1. The van der Waals surface area contributed by atoms with Crippen molar-refractivity contribution in [3.8, 4) is 5.69 Å². The second kappa shape index (κ2) is 7.69. The number of thioether (sulfide) groups is 1. The van der Waals surface area contributed by atoms with Gasteiger partial charge in [-0.15, -0.1) is 10.2 Å². The van der Waals surface area contributed by atoms with Gasteiger partial charge in [0.05, 0.1) is 11.4 Å². The molecule has 0 radical (unpaired) electrons. The number of rotatable bonds is 5. The van der Waals surface area contributed by atoms with Gasteiger partial charge in [0.25, 0.3) is 0 Å². The Morgan fingerprint density at radius 2 is 1.63 bits per heavy atom. The molecular formula is C22H25N3OS. The van der Waals surface area contributed by atoms with Gasteiger partial charge in [0, 0.05) is 5.56 Å². The van der Waals surface area contributed by atoms with Crippen LogP contribution in [0.1, 0.15) is 44.0 Å². The van der Waals surface area contributed by atoms with Crippen LogP contribution in [-0.2, 0) is 0 Å². The lowest BCUT2D eigenvalue weighted by Crippen LogP contribution is -2.09. The van der Waals surface area contributed by atoms with Crippen LogP contribution in [0.5, 0.6) is 0 Å². The molecule has 0 aliphatic carbocycles. The van der Waals surface area contributed by atoms with E-state index in [2.05, 4.69) is 55.2 Å². The molecule has 140 valence electrons.